The van der Waals surface area contributed by atoms with Gasteiger partial charge in [0.2, 0.25) is 0 Å². The summed E-state index contributed by atoms with van der Waals surface area (Å²) in [6.45, 7) is 0.727. The summed E-state index contributed by atoms with van der Waals surface area (Å²) in [4.78, 5) is 8.52. The Morgan fingerprint density at radius 3 is 2.72 bits per heavy atom. The largest absolute Gasteiger partial charge is 0.372 e. The SMILES string of the molecule is CNc1nc(NCCc2nccs2)c(Cl)cc1Cl. The van der Waals surface area contributed by atoms with Crippen LogP contribution < -0.4 is 10.6 Å². The first-order valence-corrected chi connectivity index (χ1v) is 7.00. The van der Waals surface area contributed by atoms with E-state index in [0.29, 0.717) is 21.7 Å². The van der Waals surface area contributed by atoms with E-state index in [-0.39, 0.29) is 0 Å². The fourth-order valence-electron chi connectivity index (χ4n) is 1.43. The van der Waals surface area contributed by atoms with Gasteiger partial charge in [-0.05, 0) is 6.07 Å². The van der Waals surface area contributed by atoms with Crippen LogP contribution >= 0.6 is 34.5 Å². The lowest BCUT2D eigenvalue weighted by atomic mass is 10.4. The number of pyridine rings is 1. The van der Waals surface area contributed by atoms with Crippen LogP contribution in [0.2, 0.25) is 10.0 Å². The van der Waals surface area contributed by atoms with Gasteiger partial charge in [-0.1, -0.05) is 23.2 Å². The first-order valence-electron chi connectivity index (χ1n) is 5.36. The molecule has 7 heteroatoms. The average Bonchev–Trinajstić information content (AvgIpc) is 2.85. The fraction of sp³-hybridized carbons (Fsp3) is 0.273. The number of nitrogens with one attached hydrogen (secondary N) is 2. The van der Waals surface area contributed by atoms with Crippen molar-refractivity contribution in [2.75, 3.05) is 24.2 Å². The Kier molecular flexibility index (Phi) is 4.63. The molecule has 0 saturated heterocycles. The quantitative estimate of drug-likeness (QED) is 0.887. The minimum atomic E-state index is 0.507. The highest BCUT2D eigenvalue weighted by Crippen LogP contribution is 2.28. The standard InChI is InChI=1S/C11H12Cl2N4S/c1-14-10-7(12)6-8(13)11(17-10)16-3-2-9-15-4-5-18-9/h4-6H,2-3H2,1H3,(H2,14,16,17). The number of nitrogens with zero attached hydrogens (tertiary/aromatic N) is 2. The van der Waals surface area contributed by atoms with Gasteiger partial charge < -0.3 is 10.6 Å². The Bertz CT molecular complexity index is 516. The zero-order chi connectivity index (χ0) is 13.0. The molecule has 0 aromatic carbocycles. The lowest BCUT2D eigenvalue weighted by Gasteiger charge is -2.10. The van der Waals surface area contributed by atoms with Crippen molar-refractivity contribution in [1.29, 1.82) is 0 Å². The lowest BCUT2D eigenvalue weighted by Crippen LogP contribution is -2.08. The van der Waals surface area contributed by atoms with Crippen molar-refractivity contribution >= 4 is 46.2 Å². The minimum Gasteiger partial charge on any atom is -0.372 e. The van der Waals surface area contributed by atoms with Crippen LogP contribution in [0.5, 0.6) is 0 Å². The Labute approximate surface area is 119 Å². The Balaban J connectivity index is 2.00. The molecular formula is C11H12Cl2N4S. The van der Waals surface area contributed by atoms with E-state index in [2.05, 4.69) is 20.6 Å². The van der Waals surface area contributed by atoms with Crippen molar-refractivity contribution in [2.24, 2.45) is 0 Å². The number of anilines is 2. The molecule has 2 rings (SSSR count). The van der Waals surface area contributed by atoms with Crippen molar-refractivity contribution in [2.45, 2.75) is 6.42 Å². The second-order valence-corrected chi connectivity index (χ2v) is 5.30. The zero-order valence-corrected chi connectivity index (χ0v) is 12.0. The van der Waals surface area contributed by atoms with Crippen LogP contribution in [0, 0.1) is 0 Å². The van der Waals surface area contributed by atoms with Crippen LogP contribution in [0.25, 0.3) is 0 Å². The molecule has 0 spiro atoms. The molecule has 0 unspecified atom stereocenters. The smallest absolute Gasteiger partial charge is 0.147 e. The molecule has 0 aliphatic carbocycles. The molecule has 2 aromatic heterocycles. The van der Waals surface area contributed by atoms with Gasteiger partial charge in [0.1, 0.15) is 11.6 Å². The van der Waals surface area contributed by atoms with Crippen molar-refractivity contribution in [3.63, 3.8) is 0 Å². The Hall–Kier alpha value is -1.04. The monoisotopic (exact) mass is 302 g/mol. The van der Waals surface area contributed by atoms with Crippen LogP contribution in [0.15, 0.2) is 17.6 Å². The summed E-state index contributed by atoms with van der Waals surface area (Å²) < 4.78 is 0. The molecule has 96 valence electrons. The molecule has 2 aromatic rings. The van der Waals surface area contributed by atoms with Gasteiger partial charge in [0.05, 0.1) is 15.1 Å². The van der Waals surface area contributed by atoms with Crippen LogP contribution in [0.3, 0.4) is 0 Å². The third-order valence-corrected chi connectivity index (χ3v) is 3.70. The number of hydrogen-bond donors (Lipinski definition) is 2. The lowest BCUT2D eigenvalue weighted by molar-refractivity contribution is 0.988. The van der Waals surface area contributed by atoms with E-state index < -0.39 is 0 Å². The van der Waals surface area contributed by atoms with Gasteiger partial charge in [0.25, 0.3) is 0 Å². The van der Waals surface area contributed by atoms with Gasteiger partial charge in [-0.15, -0.1) is 11.3 Å². The molecular weight excluding hydrogens is 291 g/mol. The molecule has 0 amide bonds. The summed E-state index contributed by atoms with van der Waals surface area (Å²) in [5, 5.41) is 10.2. The van der Waals surface area contributed by atoms with E-state index in [1.165, 1.54) is 0 Å². The first kappa shape index (κ1) is 13.4. The summed E-state index contributed by atoms with van der Waals surface area (Å²) in [6.07, 6.45) is 2.64. The van der Waals surface area contributed by atoms with Crippen molar-refractivity contribution in [3.8, 4) is 0 Å². The molecule has 0 bridgehead atoms. The number of hydrogen-bond acceptors (Lipinski definition) is 5. The summed E-state index contributed by atoms with van der Waals surface area (Å²) in [6, 6.07) is 1.67. The van der Waals surface area contributed by atoms with E-state index >= 15 is 0 Å². The summed E-state index contributed by atoms with van der Waals surface area (Å²) in [5.74, 6) is 1.24. The normalized spacial score (nSPS) is 10.4. The predicted octanol–water partition coefficient (Wildman–Crippen LogP) is 3.54. The number of rotatable bonds is 5. The van der Waals surface area contributed by atoms with Crippen LogP contribution in [-0.4, -0.2) is 23.6 Å². The maximum Gasteiger partial charge on any atom is 0.147 e. The molecule has 0 fully saturated rings. The topological polar surface area (TPSA) is 49.8 Å². The third-order valence-electron chi connectivity index (χ3n) is 2.28. The van der Waals surface area contributed by atoms with E-state index in [0.717, 1.165) is 18.0 Å². The van der Waals surface area contributed by atoms with E-state index in [9.17, 15) is 0 Å². The van der Waals surface area contributed by atoms with Crippen molar-refractivity contribution < 1.29 is 0 Å². The molecule has 0 atom stereocenters. The van der Waals surface area contributed by atoms with Gasteiger partial charge in [-0.2, -0.15) is 0 Å². The van der Waals surface area contributed by atoms with Crippen LogP contribution in [0.1, 0.15) is 5.01 Å². The molecule has 2 N–H and O–H groups in total. The van der Waals surface area contributed by atoms with Gasteiger partial charge in [-0.3, -0.25) is 0 Å². The number of halogens is 2. The first-order chi connectivity index (χ1) is 8.70. The molecule has 0 radical (unpaired) electrons. The number of thiazole rings is 1. The van der Waals surface area contributed by atoms with Gasteiger partial charge in [0.15, 0.2) is 0 Å². The number of aromatic nitrogens is 2. The van der Waals surface area contributed by atoms with Gasteiger partial charge >= 0.3 is 0 Å². The fourth-order valence-corrected chi connectivity index (χ4v) is 2.57. The second kappa shape index (κ2) is 6.22. The predicted molar refractivity (Wildman–Crippen MR) is 78.1 cm³/mol. The summed E-state index contributed by atoms with van der Waals surface area (Å²) in [7, 11) is 1.77. The maximum absolute atomic E-state index is 6.07. The highest BCUT2D eigenvalue weighted by atomic mass is 35.5. The van der Waals surface area contributed by atoms with Gasteiger partial charge in [-0.25, -0.2) is 9.97 Å². The summed E-state index contributed by atoms with van der Waals surface area (Å²) in [5.41, 5.74) is 0. The zero-order valence-electron chi connectivity index (χ0n) is 9.70. The molecule has 0 saturated carbocycles. The van der Waals surface area contributed by atoms with E-state index in [1.54, 1.807) is 30.6 Å². The van der Waals surface area contributed by atoms with Gasteiger partial charge in [0, 0.05) is 31.6 Å². The highest BCUT2D eigenvalue weighted by Gasteiger charge is 2.08. The average molecular weight is 303 g/mol. The highest BCUT2D eigenvalue weighted by molar-refractivity contribution is 7.09. The minimum absolute atomic E-state index is 0.507. The van der Waals surface area contributed by atoms with Crippen molar-refractivity contribution in [1.82, 2.24) is 9.97 Å². The molecule has 0 aliphatic rings. The third kappa shape index (κ3) is 3.25. The Morgan fingerprint density at radius 1 is 1.28 bits per heavy atom. The molecule has 2 heterocycles. The van der Waals surface area contributed by atoms with Crippen molar-refractivity contribution in [3.05, 3.63) is 32.7 Å². The maximum atomic E-state index is 6.07. The van der Waals surface area contributed by atoms with Crippen LogP contribution in [-0.2, 0) is 6.42 Å². The van der Waals surface area contributed by atoms with Crippen LogP contribution in [0.4, 0.5) is 11.6 Å². The van der Waals surface area contributed by atoms with E-state index in [1.807, 2.05) is 5.38 Å². The second-order valence-electron chi connectivity index (χ2n) is 3.50. The van der Waals surface area contributed by atoms with E-state index in [4.69, 9.17) is 23.2 Å². The summed E-state index contributed by atoms with van der Waals surface area (Å²) >= 11 is 13.7. The Morgan fingerprint density at radius 2 is 2.06 bits per heavy atom. The molecule has 18 heavy (non-hydrogen) atoms. The molecule has 0 aliphatic heterocycles. The molecule has 4 nitrogen and oxygen atoms in total.